The van der Waals surface area contributed by atoms with Gasteiger partial charge < -0.3 is 19.4 Å². The third-order valence-corrected chi connectivity index (χ3v) is 8.05. The lowest BCUT2D eigenvalue weighted by Gasteiger charge is -2.42. The minimum atomic E-state index is -4.45. The number of hydrogen-bond donors (Lipinski definition) is 0. The molecule has 2 aliphatic heterocycles. The van der Waals surface area contributed by atoms with E-state index in [1.807, 2.05) is 24.9 Å². The van der Waals surface area contributed by atoms with Gasteiger partial charge in [0.1, 0.15) is 5.75 Å². The zero-order valence-corrected chi connectivity index (χ0v) is 22.4. The maximum Gasteiger partial charge on any atom is 0.416 e. The number of piperazine rings is 1. The second-order valence-corrected chi connectivity index (χ2v) is 10.8. The van der Waals surface area contributed by atoms with E-state index in [0.29, 0.717) is 62.8 Å². The lowest BCUT2D eigenvalue weighted by Crippen LogP contribution is -2.51. The molecule has 2 fully saturated rings. The minimum absolute atomic E-state index is 0.0801. The highest BCUT2D eigenvalue weighted by molar-refractivity contribution is 6.31. The normalized spacial score (nSPS) is 18.4. The van der Waals surface area contributed by atoms with Gasteiger partial charge >= 0.3 is 6.18 Å². The van der Waals surface area contributed by atoms with Crippen molar-refractivity contribution in [3.05, 3.63) is 64.2 Å². The molecule has 2 aliphatic rings. The fourth-order valence-corrected chi connectivity index (χ4v) is 5.09. The number of benzene rings is 2. The first-order valence-corrected chi connectivity index (χ1v) is 13.2. The summed E-state index contributed by atoms with van der Waals surface area (Å²) in [4.78, 5) is 32.1. The van der Waals surface area contributed by atoms with Crippen molar-refractivity contribution in [2.45, 2.75) is 32.4 Å². The molecule has 0 spiro atoms. The number of carbonyl (C=O) groups is 2. The van der Waals surface area contributed by atoms with Crippen molar-refractivity contribution >= 4 is 23.4 Å². The molecule has 0 aliphatic carbocycles. The van der Waals surface area contributed by atoms with Crippen LogP contribution in [0.2, 0.25) is 5.02 Å². The van der Waals surface area contributed by atoms with Gasteiger partial charge in [-0.15, -0.1) is 0 Å². The van der Waals surface area contributed by atoms with Crippen molar-refractivity contribution in [1.82, 2.24) is 14.7 Å². The van der Waals surface area contributed by atoms with E-state index >= 15 is 0 Å². The Kier molecular flexibility index (Phi) is 8.57. The number of piperidine rings is 1. The monoisotopic (exact) mass is 551 g/mol. The number of hydrogen-bond acceptors (Lipinski definition) is 4. The average molecular weight is 552 g/mol. The van der Waals surface area contributed by atoms with Gasteiger partial charge in [-0.3, -0.25) is 9.59 Å². The summed E-state index contributed by atoms with van der Waals surface area (Å²) in [5.74, 6) is 0.435. The highest BCUT2D eigenvalue weighted by Crippen LogP contribution is 2.38. The molecule has 0 atom stereocenters. The Hall–Kier alpha value is -2.78. The second kappa shape index (κ2) is 11.5. The number of carbonyl (C=O) groups excluding carboxylic acids is 2. The summed E-state index contributed by atoms with van der Waals surface area (Å²) >= 11 is 6.15. The molecule has 0 saturated carbocycles. The molecule has 0 unspecified atom stereocenters. The number of halogens is 4. The fourth-order valence-electron chi connectivity index (χ4n) is 4.97. The number of likely N-dealkylation sites (N-methyl/N-ethyl adjacent to an activating group) is 1. The largest absolute Gasteiger partial charge is 0.493 e. The number of aryl methyl sites for hydroxylation is 1. The molecule has 0 N–H and O–H groups in total. The molecule has 10 heteroatoms. The van der Waals surface area contributed by atoms with Crippen LogP contribution in [0.1, 0.15) is 40.7 Å². The van der Waals surface area contributed by atoms with Crippen molar-refractivity contribution in [2.24, 2.45) is 5.41 Å². The molecular formula is C28H33ClF3N3O3. The lowest BCUT2D eigenvalue weighted by molar-refractivity contribution is -0.138. The highest BCUT2D eigenvalue weighted by atomic mass is 35.5. The zero-order valence-electron chi connectivity index (χ0n) is 21.7. The summed E-state index contributed by atoms with van der Waals surface area (Å²) in [6, 6.07) is 9.73. The number of ether oxygens (including phenoxy) is 1. The van der Waals surface area contributed by atoms with Gasteiger partial charge in [0.2, 0.25) is 5.91 Å². The summed E-state index contributed by atoms with van der Waals surface area (Å²) in [6.07, 6.45) is -3.05. The Balaban J connectivity index is 1.45. The quantitative estimate of drug-likeness (QED) is 0.499. The van der Waals surface area contributed by atoms with E-state index in [2.05, 4.69) is 4.90 Å². The molecule has 2 aromatic carbocycles. The van der Waals surface area contributed by atoms with Crippen LogP contribution in [0.15, 0.2) is 42.5 Å². The third-order valence-electron chi connectivity index (χ3n) is 7.63. The molecule has 6 nitrogen and oxygen atoms in total. The molecule has 38 heavy (non-hydrogen) atoms. The fraction of sp³-hybridized carbons (Fsp3) is 0.500. The van der Waals surface area contributed by atoms with Crippen LogP contribution >= 0.6 is 11.6 Å². The average Bonchev–Trinajstić information content (AvgIpc) is 2.89. The van der Waals surface area contributed by atoms with Gasteiger partial charge in [0.25, 0.3) is 5.91 Å². The van der Waals surface area contributed by atoms with Gasteiger partial charge in [-0.25, -0.2) is 0 Å². The summed E-state index contributed by atoms with van der Waals surface area (Å²) < 4.78 is 44.9. The molecule has 206 valence electrons. The molecule has 2 aromatic rings. The van der Waals surface area contributed by atoms with Crippen molar-refractivity contribution < 1.29 is 27.5 Å². The SMILES string of the molecule is Cc1cc(OCC2(CC(=O)N3CCN(C)CC3)CCN(C(=O)c3ccc(C(F)(F)F)cc3)CC2)ccc1Cl. The van der Waals surface area contributed by atoms with Crippen LogP contribution in [0.5, 0.6) is 5.75 Å². The zero-order chi connectivity index (χ0) is 27.5. The standard InChI is InChI=1S/C28H33ClF3N3O3/c1-20-17-23(7-8-24(20)29)38-19-27(18-25(36)34-15-13-33(2)14-16-34)9-11-35(12-10-27)26(37)21-3-5-22(6-4-21)28(30,31)32/h3-8,17H,9-16,18-19H2,1-2H3. The van der Waals surface area contributed by atoms with Crippen molar-refractivity contribution in [1.29, 1.82) is 0 Å². The molecule has 0 aromatic heterocycles. The Morgan fingerprint density at radius 1 is 0.947 bits per heavy atom. The summed E-state index contributed by atoms with van der Waals surface area (Å²) in [5, 5.41) is 0.646. The molecule has 2 amide bonds. The maximum absolute atomic E-state index is 13.3. The van der Waals surface area contributed by atoms with Gasteiger partial charge in [-0.05, 0) is 74.8 Å². The first-order valence-electron chi connectivity index (χ1n) is 12.8. The Morgan fingerprint density at radius 3 is 2.16 bits per heavy atom. The smallest absolute Gasteiger partial charge is 0.416 e. The lowest BCUT2D eigenvalue weighted by atomic mass is 9.75. The van der Waals surface area contributed by atoms with E-state index < -0.39 is 17.2 Å². The first-order chi connectivity index (χ1) is 18.0. The highest BCUT2D eigenvalue weighted by Gasteiger charge is 2.40. The van der Waals surface area contributed by atoms with Crippen LogP contribution in [0.25, 0.3) is 0 Å². The Morgan fingerprint density at radius 2 is 1.58 bits per heavy atom. The third kappa shape index (κ3) is 6.80. The topological polar surface area (TPSA) is 53.1 Å². The van der Waals surface area contributed by atoms with Gasteiger partial charge in [-0.2, -0.15) is 13.2 Å². The van der Waals surface area contributed by atoms with Crippen LogP contribution in [-0.2, 0) is 11.0 Å². The van der Waals surface area contributed by atoms with Crippen molar-refractivity contribution in [3.8, 4) is 5.75 Å². The number of rotatable bonds is 6. The van der Waals surface area contributed by atoms with E-state index in [4.69, 9.17) is 16.3 Å². The first kappa shape index (κ1) is 28.2. The second-order valence-electron chi connectivity index (χ2n) is 10.4. The number of nitrogens with zero attached hydrogens (tertiary/aromatic N) is 3. The number of amides is 2. The van der Waals surface area contributed by atoms with E-state index in [0.717, 1.165) is 30.8 Å². The van der Waals surface area contributed by atoms with E-state index in [9.17, 15) is 22.8 Å². The predicted molar refractivity (Wildman–Crippen MR) is 139 cm³/mol. The van der Waals surface area contributed by atoms with Gasteiger partial charge in [0.05, 0.1) is 12.2 Å². The van der Waals surface area contributed by atoms with Crippen molar-refractivity contribution in [3.63, 3.8) is 0 Å². The van der Waals surface area contributed by atoms with Gasteiger partial charge in [-0.1, -0.05) is 11.6 Å². The maximum atomic E-state index is 13.3. The molecule has 0 bridgehead atoms. The van der Waals surface area contributed by atoms with Crippen LogP contribution < -0.4 is 4.74 Å². The molecule has 0 radical (unpaired) electrons. The van der Waals surface area contributed by atoms with Crippen LogP contribution in [0.4, 0.5) is 13.2 Å². The van der Waals surface area contributed by atoms with E-state index in [1.165, 1.54) is 12.1 Å². The van der Waals surface area contributed by atoms with Crippen molar-refractivity contribution in [2.75, 3.05) is 52.9 Å². The Bertz CT molecular complexity index is 1140. The molecular weight excluding hydrogens is 519 g/mol. The van der Waals surface area contributed by atoms with Gasteiger partial charge in [0.15, 0.2) is 0 Å². The van der Waals surface area contributed by atoms with E-state index in [1.54, 1.807) is 17.0 Å². The summed E-state index contributed by atoms with van der Waals surface area (Å²) in [6.45, 7) is 6.01. The van der Waals surface area contributed by atoms with Crippen LogP contribution in [-0.4, -0.2) is 79.4 Å². The molecule has 2 saturated heterocycles. The summed E-state index contributed by atoms with van der Waals surface area (Å²) in [5.41, 5.74) is -0.149. The number of likely N-dealkylation sites (tertiary alicyclic amines) is 1. The predicted octanol–water partition coefficient (Wildman–Crippen LogP) is 5.13. The van der Waals surface area contributed by atoms with Gasteiger partial charge in [0, 0.05) is 61.7 Å². The summed E-state index contributed by atoms with van der Waals surface area (Å²) in [7, 11) is 2.04. The molecule has 4 rings (SSSR count). The van der Waals surface area contributed by atoms with Crippen LogP contribution in [0.3, 0.4) is 0 Å². The van der Waals surface area contributed by atoms with E-state index in [-0.39, 0.29) is 17.4 Å². The Labute approximate surface area is 226 Å². The van der Waals surface area contributed by atoms with Crippen LogP contribution in [0, 0.1) is 12.3 Å². The molecule has 2 heterocycles. The number of alkyl halides is 3. The minimum Gasteiger partial charge on any atom is -0.493 e.